The molecule has 0 bridgehead atoms. The summed E-state index contributed by atoms with van der Waals surface area (Å²) in [6.45, 7) is 0.925. The van der Waals surface area contributed by atoms with Gasteiger partial charge in [-0.2, -0.15) is 5.26 Å². The van der Waals surface area contributed by atoms with Crippen LogP contribution in [0.2, 0.25) is 0 Å². The van der Waals surface area contributed by atoms with Crippen LogP contribution in [0.4, 0.5) is 8.78 Å². The molecule has 0 aromatic heterocycles. The van der Waals surface area contributed by atoms with Gasteiger partial charge >= 0.3 is 0 Å². The quantitative estimate of drug-likeness (QED) is 0.792. The number of rotatable bonds is 2. The normalized spacial score (nSPS) is 24.3. The van der Waals surface area contributed by atoms with Gasteiger partial charge in [-0.1, -0.05) is 12.1 Å². The van der Waals surface area contributed by atoms with Crippen LogP contribution in [0.1, 0.15) is 18.4 Å². The van der Waals surface area contributed by atoms with Crippen LogP contribution in [0.15, 0.2) is 18.2 Å². The van der Waals surface area contributed by atoms with Gasteiger partial charge in [0, 0.05) is 6.61 Å². The Balaban J connectivity index is 2.24. The molecule has 1 saturated heterocycles. The lowest BCUT2D eigenvalue weighted by molar-refractivity contribution is 0.0219. The maximum absolute atomic E-state index is 13.5. The summed E-state index contributed by atoms with van der Waals surface area (Å²) < 4.78 is 31.9. The predicted octanol–water partition coefficient (Wildman–Crippen LogP) is 2.83. The highest BCUT2D eigenvalue weighted by molar-refractivity contribution is 5.22. The second-order valence-electron chi connectivity index (χ2n) is 4.44. The lowest BCUT2D eigenvalue weighted by Crippen LogP contribution is -2.32. The highest BCUT2D eigenvalue weighted by Gasteiger charge is 2.34. The minimum atomic E-state index is -0.868. The van der Waals surface area contributed by atoms with Crippen LogP contribution in [-0.4, -0.2) is 13.2 Å². The summed E-state index contributed by atoms with van der Waals surface area (Å²) in [7, 11) is 0. The largest absolute Gasteiger partial charge is 0.380 e. The Morgan fingerprint density at radius 2 is 2.24 bits per heavy atom. The topological polar surface area (TPSA) is 33.0 Å². The van der Waals surface area contributed by atoms with Crippen molar-refractivity contribution >= 4 is 0 Å². The number of hydrogen-bond donors (Lipinski definition) is 0. The van der Waals surface area contributed by atoms with E-state index in [1.807, 2.05) is 0 Å². The third-order valence-electron chi connectivity index (χ3n) is 3.12. The van der Waals surface area contributed by atoms with Crippen molar-refractivity contribution in [3.05, 3.63) is 35.4 Å². The van der Waals surface area contributed by atoms with E-state index in [2.05, 4.69) is 6.07 Å². The van der Waals surface area contributed by atoms with Crippen LogP contribution in [0.5, 0.6) is 0 Å². The van der Waals surface area contributed by atoms with Crippen molar-refractivity contribution in [1.29, 1.82) is 5.26 Å². The van der Waals surface area contributed by atoms with E-state index in [-0.39, 0.29) is 12.0 Å². The Kier molecular flexibility index (Phi) is 3.39. The molecule has 17 heavy (non-hydrogen) atoms. The zero-order valence-corrected chi connectivity index (χ0v) is 9.38. The van der Waals surface area contributed by atoms with Crippen molar-refractivity contribution in [2.24, 2.45) is 5.41 Å². The Hall–Kier alpha value is -1.47. The average Bonchev–Trinajstić information content (AvgIpc) is 2.36. The van der Waals surface area contributed by atoms with Crippen LogP contribution in [-0.2, 0) is 11.2 Å². The maximum Gasteiger partial charge on any atom is 0.162 e. The first-order valence-corrected chi connectivity index (χ1v) is 5.59. The lowest BCUT2D eigenvalue weighted by atomic mass is 9.78. The van der Waals surface area contributed by atoms with E-state index >= 15 is 0 Å². The van der Waals surface area contributed by atoms with Crippen molar-refractivity contribution in [1.82, 2.24) is 0 Å². The molecule has 1 heterocycles. The van der Waals surface area contributed by atoms with Crippen LogP contribution in [0.25, 0.3) is 0 Å². The molecule has 90 valence electrons. The molecule has 0 spiro atoms. The van der Waals surface area contributed by atoms with Gasteiger partial charge in [0.15, 0.2) is 11.6 Å². The molecule has 0 radical (unpaired) electrons. The second-order valence-corrected chi connectivity index (χ2v) is 4.44. The molecular formula is C13H13F2NO. The zero-order chi connectivity index (χ0) is 12.3. The van der Waals surface area contributed by atoms with Gasteiger partial charge in [-0.05, 0) is 30.9 Å². The number of hydrogen-bond acceptors (Lipinski definition) is 2. The lowest BCUT2D eigenvalue weighted by Gasteiger charge is -2.30. The molecule has 0 N–H and O–H groups in total. The molecule has 1 aromatic rings. The summed E-state index contributed by atoms with van der Waals surface area (Å²) in [5.74, 6) is -1.72. The van der Waals surface area contributed by atoms with Crippen molar-refractivity contribution in [2.45, 2.75) is 19.3 Å². The van der Waals surface area contributed by atoms with Gasteiger partial charge in [0.1, 0.15) is 0 Å². The maximum atomic E-state index is 13.5. The Morgan fingerprint density at radius 3 is 2.88 bits per heavy atom. The van der Waals surface area contributed by atoms with Gasteiger partial charge in [-0.15, -0.1) is 0 Å². The molecule has 0 aliphatic carbocycles. The molecule has 1 aliphatic rings. The molecular weight excluding hydrogens is 224 g/mol. The fourth-order valence-electron chi connectivity index (χ4n) is 2.17. The summed E-state index contributed by atoms with van der Waals surface area (Å²) in [4.78, 5) is 0. The number of nitriles is 1. The van der Waals surface area contributed by atoms with Gasteiger partial charge in [-0.25, -0.2) is 8.78 Å². The van der Waals surface area contributed by atoms with Gasteiger partial charge < -0.3 is 4.74 Å². The number of benzene rings is 1. The number of halogens is 2. The van der Waals surface area contributed by atoms with Crippen LogP contribution < -0.4 is 0 Å². The summed E-state index contributed by atoms with van der Waals surface area (Å²) >= 11 is 0. The number of ether oxygens (including phenoxy) is 1. The highest BCUT2D eigenvalue weighted by Crippen LogP contribution is 2.32. The molecule has 2 rings (SSSR count). The van der Waals surface area contributed by atoms with Gasteiger partial charge in [0.05, 0.1) is 18.1 Å². The molecule has 0 amide bonds. The third-order valence-corrected chi connectivity index (χ3v) is 3.12. The molecule has 1 aromatic carbocycles. The van der Waals surface area contributed by atoms with Crippen LogP contribution in [0.3, 0.4) is 0 Å². The fourth-order valence-corrected chi connectivity index (χ4v) is 2.17. The van der Waals surface area contributed by atoms with E-state index in [1.165, 1.54) is 12.1 Å². The molecule has 0 saturated carbocycles. The van der Waals surface area contributed by atoms with Gasteiger partial charge in [-0.3, -0.25) is 0 Å². The van der Waals surface area contributed by atoms with E-state index < -0.39 is 17.0 Å². The molecule has 1 fully saturated rings. The molecule has 1 aliphatic heterocycles. The summed E-state index contributed by atoms with van der Waals surface area (Å²) in [5, 5.41) is 9.22. The highest BCUT2D eigenvalue weighted by atomic mass is 19.2. The van der Waals surface area contributed by atoms with Crippen LogP contribution >= 0.6 is 0 Å². The minimum Gasteiger partial charge on any atom is -0.380 e. The fraction of sp³-hybridized carbons (Fsp3) is 0.462. The smallest absolute Gasteiger partial charge is 0.162 e. The van der Waals surface area contributed by atoms with E-state index in [1.54, 1.807) is 0 Å². The Bertz CT molecular complexity index is 447. The first-order chi connectivity index (χ1) is 8.17. The van der Waals surface area contributed by atoms with E-state index in [0.717, 1.165) is 12.5 Å². The Labute approximate surface area is 98.8 Å². The van der Waals surface area contributed by atoms with Crippen LogP contribution in [0, 0.1) is 28.4 Å². The second kappa shape index (κ2) is 4.80. The average molecular weight is 237 g/mol. The first-order valence-electron chi connectivity index (χ1n) is 5.59. The summed E-state index contributed by atoms with van der Waals surface area (Å²) in [6, 6.07) is 6.26. The van der Waals surface area contributed by atoms with Crippen molar-refractivity contribution < 1.29 is 13.5 Å². The van der Waals surface area contributed by atoms with Crippen molar-refractivity contribution in [3.8, 4) is 6.07 Å². The van der Waals surface area contributed by atoms with Crippen molar-refractivity contribution in [2.75, 3.05) is 13.2 Å². The van der Waals surface area contributed by atoms with Gasteiger partial charge in [0.25, 0.3) is 0 Å². The number of nitrogens with zero attached hydrogens (tertiary/aromatic N) is 1. The molecule has 1 atom stereocenters. The third kappa shape index (κ3) is 2.45. The molecule has 2 nitrogen and oxygen atoms in total. The van der Waals surface area contributed by atoms with Crippen molar-refractivity contribution in [3.63, 3.8) is 0 Å². The van der Waals surface area contributed by atoms with E-state index in [4.69, 9.17) is 4.74 Å². The summed E-state index contributed by atoms with van der Waals surface area (Å²) in [6.07, 6.45) is 1.65. The zero-order valence-electron chi connectivity index (χ0n) is 9.38. The summed E-state index contributed by atoms with van der Waals surface area (Å²) in [5.41, 5.74) is -0.468. The molecule has 1 unspecified atom stereocenters. The van der Waals surface area contributed by atoms with Gasteiger partial charge in [0.2, 0.25) is 0 Å². The minimum absolute atomic E-state index is 0.201. The SMILES string of the molecule is N#CC1(Cc2cccc(F)c2F)CCCOC1. The van der Waals surface area contributed by atoms with E-state index in [9.17, 15) is 14.0 Å². The molecule has 4 heteroatoms. The first kappa shape index (κ1) is 12.0. The predicted molar refractivity (Wildman–Crippen MR) is 58.2 cm³/mol. The Morgan fingerprint density at radius 1 is 1.41 bits per heavy atom. The standard InChI is InChI=1S/C13H13F2NO/c14-11-4-1-3-10(12(11)15)7-13(8-16)5-2-6-17-9-13/h1,3-4H,2,5-7,9H2. The van der Waals surface area contributed by atoms with E-state index in [0.29, 0.717) is 19.6 Å². The monoisotopic (exact) mass is 237 g/mol.